The third-order valence-corrected chi connectivity index (χ3v) is 6.55. The van der Waals surface area contributed by atoms with Gasteiger partial charge in [0.05, 0.1) is 6.67 Å². The van der Waals surface area contributed by atoms with E-state index in [2.05, 4.69) is 4.90 Å². The van der Waals surface area contributed by atoms with Crippen molar-refractivity contribution in [2.75, 3.05) is 32.9 Å². The van der Waals surface area contributed by atoms with Gasteiger partial charge in [0.1, 0.15) is 24.3 Å². The maximum Gasteiger partial charge on any atom is 0.169 e. The van der Waals surface area contributed by atoms with Crippen molar-refractivity contribution in [1.82, 2.24) is 4.90 Å². The topological polar surface area (TPSA) is 41.9 Å². The fourth-order valence-corrected chi connectivity index (χ4v) is 4.71. The summed E-state index contributed by atoms with van der Waals surface area (Å²) in [4.78, 5) is 2.18. The van der Waals surface area contributed by atoms with E-state index in [0.29, 0.717) is 12.4 Å². The fourth-order valence-electron chi connectivity index (χ4n) is 4.71. The molecule has 6 heteroatoms. The van der Waals surface area contributed by atoms with E-state index in [9.17, 15) is 13.9 Å². The van der Waals surface area contributed by atoms with E-state index < -0.39 is 6.10 Å². The number of alkyl halides is 1. The molecule has 34 heavy (non-hydrogen) atoms. The Balaban J connectivity index is 1.39. The van der Waals surface area contributed by atoms with Gasteiger partial charge in [0.2, 0.25) is 0 Å². The molecule has 3 aromatic rings. The number of hydrogen-bond acceptors (Lipinski definition) is 4. The highest BCUT2D eigenvalue weighted by molar-refractivity contribution is 5.96. The molecule has 0 radical (unpaired) electrons. The second-order valence-electron chi connectivity index (χ2n) is 8.90. The van der Waals surface area contributed by atoms with E-state index in [4.69, 9.17) is 9.47 Å². The van der Waals surface area contributed by atoms with Crippen molar-refractivity contribution in [3.05, 3.63) is 89.2 Å². The van der Waals surface area contributed by atoms with Crippen molar-refractivity contribution in [2.24, 2.45) is 5.92 Å². The zero-order chi connectivity index (χ0) is 23.7. The van der Waals surface area contributed by atoms with Crippen LogP contribution in [-0.4, -0.2) is 42.9 Å². The maximum atomic E-state index is 14.1. The van der Waals surface area contributed by atoms with E-state index in [0.717, 1.165) is 53.2 Å². The summed E-state index contributed by atoms with van der Waals surface area (Å²) in [6, 6.07) is 19.4. The molecule has 0 aliphatic carbocycles. The first kappa shape index (κ1) is 22.4. The lowest BCUT2D eigenvalue weighted by atomic mass is 9.86. The van der Waals surface area contributed by atoms with Gasteiger partial charge in [-0.1, -0.05) is 36.4 Å². The molecule has 5 rings (SSSR count). The highest BCUT2D eigenvalue weighted by atomic mass is 19.1. The number of allylic oxidation sites excluding steroid dienone is 1. The van der Waals surface area contributed by atoms with Crippen LogP contribution in [0.25, 0.3) is 11.1 Å². The summed E-state index contributed by atoms with van der Waals surface area (Å²) in [6.45, 7) is 4.60. The zero-order valence-electron chi connectivity index (χ0n) is 19.0. The molecule has 4 nitrogen and oxygen atoms in total. The Kier molecular flexibility index (Phi) is 6.24. The van der Waals surface area contributed by atoms with Gasteiger partial charge in [-0.3, -0.25) is 9.29 Å². The first-order valence-electron chi connectivity index (χ1n) is 11.5. The monoisotopic (exact) mass is 463 g/mol. The number of benzene rings is 3. The summed E-state index contributed by atoms with van der Waals surface area (Å²) in [7, 11) is 0. The van der Waals surface area contributed by atoms with Gasteiger partial charge in [-0.2, -0.15) is 0 Å². The Hall–Kier alpha value is -3.38. The second-order valence-corrected chi connectivity index (χ2v) is 8.90. The first-order chi connectivity index (χ1) is 16.5. The third kappa shape index (κ3) is 4.38. The normalized spacial score (nSPS) is 18.3. The van der Waals surface area contributed by atoms with E-state index in [-0.39, 0.29) is 24.2 Å². The van der Waals surface area contributed by atoms with Crippen LogP contribution in [0.3, 0.4) is 0 Å². The molecule has 1 unspecified atom stereocenters. The van der Waals surface area contributed by atoms with Gasteiger partial charge < -0.3 is 14.6 Å². The molecule has 0 saturated carbocycles. The van der Waals surface area contributed by atoms with Gasteiger partial charge in [0.25, 0.3) is 0 Å². The number of phenols is 1. The molecule has 3 aromatic carbocycles. The number of rotatable bonds is 7. The van der Waals surface area contributed by atoms with E-state index in [1.807, 2.05) is 43.3 Å². The van der Waals surface area contributed by atoms with Crippen molar-refractivity contribution in [3.63, 3.8) is 0 Å². The molecule has 1 fully saturated rings. The summed E-state index contributed by atoms with van der Waals surface area (Å²) in [5, 5.41) is 10.4. The largest absolute Gasteiger partial charge is 0.504 e. The molecule has 1 atom stereocenters. The van der Waals surface area contributed by atoms with Crippen LogP contribution in [0.15, 0.2) is 66.7 Å². The molecular weight excluding hydrogens is 436 g/mol. The highest BCUT2D eigenvalue weighted by Gasteiger charge is 2.31. The minimum atomic E-state index is -0.518. The highest BCUT2D eigenvalue weighted by Crippen LogP contribution is 2.49. The standard InChI is InChI=1S/C28H27F2NO3/c1-18-24-6-3-7-25(32)28(24)34-27(26(18)21-4-2-5-22(30)14-21)20-8-10-23(11-9-20)33-13-12-31-16-19(15-29)17-31/h2-11,14,19,27,32H,12-13,15-17H2,1H3. The molecule has 2 heterocycles. The molecule has 0 spiro atoms. The number of hydrogen-bond donors (Lipinski definition) is 1. The molecule has 2 aliphatic rings. The summed E-state index contributed by atoms with van der Waals surface area (Å²) >= 11 is 0. The number of halogens is 2. The van der Waals surface area contributed by atoms with Crippen LogP contribution >= 0.6 is 0 Å². The van der Waals surface area contributed by atoms with Gasteiger partial charge >= 0.3 is 0 Å². The van der Waals surface area contributed by atoms with Crippen molar-refractivity contribution in [3.8, 4) is 17.2 Å². The average molecular weight is 464 g/mol. The van der Waals surface area contributed by atoms with Gasteiger partial charge in [-0.25, -0.2) is 4.39 Å². The number of nitrogens with zero attached hydrogens (tertiary/aromatic N) is 1. The van der Waals surface area contributed by atoms with Gasteiger partial charge in [-0.15, -0.1) is 0 Å². The van der Waals surface area contributed by atoms with E-state index >= 15 is 0 Å². The maximum absolute atomic E-state index is 14.1. The Bertz CT molecular complexity index is 1200. The van der Waals surface area contributed by atoms with Crippen molar-refractivity contribution in [2.45, 2.75) is 13.0 Å². The second kappa shape index (κ2) is 9.47. The molecule has 1 N–H and O–H groups in total. The van der Waals surface area contributed by atoms with Crippen LogP contribution in [0.4, 0.5) is 8.78 Å². The summed E-state index contributed by atoms with van der Waals surface area (Å²) in [6.07, 6.45) is -0.518. The van der Waals surface area contributed by atoms with Gasteiger partial charge in [-0.05, 0) is 54.0 Å². The number of fused-ring (bicyclic) bond motifs is 1. The minimum absolute atomic E-state index is 0.0705. The Morgan fingerprint density at radius 3 is 2.56 bits per heavy atom. The quantitative estimate of drug-likeness (QED) is 0.476. The van der Waals surface area contributed by atoms with Crippen LogP contribution in [0, 0.1) is 11.7 Å². The van der Waals surface area contributed by atoms with Gasteiger partial charge in [0, 0.05) is 36.7 Å². The first-order valence-corrected chi connectivity index (χ1v) is 11.5. The lowest BCUT2D eigenvalue weighted by Crippen LogP contribution is -2.49. The SMILES string of the molecule is CC1=C(c2cccc(F)c2)C(c2ccc(OCCN3CC(CF)C3)cc2)Oc2c(O)cccc21. The molecule has 1 saturated heterocycles. The van der Waals surface area contributed by atoms with Crippen LogP contribution < -0.4 is 9.47 Å². The number of likely N-dealkylation sites (tertiary alicyclic amines) is 1. The number of para-hydroxylation sites is 1. The fraction of sp³-hybridized carbons (Fsp3) is 0.286. The summed E-state index contributed by atoms with van der Waals surface area (Å²) in [5.74, 6) is 1.08. The van der Waals surface area contributed by atoms with E-state index in [1.165, 1.54) is 12.1 Å². The predicted molar refractivity (Wildman–Crippen MR) is 128 cm³/mol. The molecule has 0 aromatic heterocycles. The van der Waals surface area contributed by atoms with Crippen molar-refractivity contribution >= 4 is 11.1 Å². The molecule has 0 amide bonds. The third-order valence-electron chi connectivity index (χ3n) is 6.55. The van der Waals surface area contributed by atoms with Crippen molar-refractivity contribution < 1.29 is 23.4 Å². The molecular formula is C28H27F2NO3. The summed E-state index contributed by atoms with van der Waals surface area (Å²) in [5.41, 5.74) is 4.17. The van der Waals surface area contributed by atoms with Crippen molar-refractivity contribution in [1.29, 1.82) is 0 Å². The van der Waals surface area contributed by atoms with E-state index in [1.54, 1.807) is 18.2 Å². The lowest BCUT2D eigenvalue weighted by molar-refractivity contribution is 0.0668. The number of phenolic OH excluding ortho intramolecular Hbond substituents is 1. The Morgan fingerprint density at radius 2 is 1.82 bits per heavy atom. The zero-order valence-corrected chi connectivity index (χ0v) is 19.0. The Morgan fingerprint density at radius 1 is 1.06 bits per heavy atom. The number of aromatic hydroxyl groups is 1. The predicted octanol–water partition coefficient (Wildman–Crippen LogP) is 5.88. The van der Waals surface area contributed by atoms with Crippen LogP contribution in [0.5, 0.6) is 17.2 Å². The number of ether oxygens (including phenoxy) is 2. The summed E-state index contributed by atoms with van der Waals surface area (Å²) < 4.78 is 38.8. The Labute approximate surface area is 198 Å². The molecule has 176 valence electrons. The molecule has 2 aliphatic heterocycles. The van der Waals surface area contributed by atoms with Gasteiger partial charge in [0.15, 0.2) is 11.5 Å². The van der Waals surface area contributed by atoms with Crippen LogP contribution in [0.2, 0.25) is 0 Å². The minimum Gasteiger partial charge on any atom is -0.504 e. The van der Waals surface area contributed by atoms with Crippen LogP contribution in [0.1, 0.15) is 29.7 Å². The molecule has 0 bridgehead atoms. The average Bonchev–Trinajstić information content (AvgIpc) is 2.81. The van der Waals surface area contributed by atoms with Crippen LogP contribution in [-0.2, 0) is 0 Å². The smallest absolute Gasteiger partial charge is 0.169 e. The lowest BCUT2D eigenvalue weighted by Gasteiger charge is -2.37.